The largest absolute Gasteiger partial charge is 0.384 e. The Balaban J connectivity index is 1.99. The van der Waals surface area contributed by atoms with Gasteiger partial charge in [0.05, 0.1) is 0 Å². The lowest BCUT2D eigenvalue weighted by Gasteiger charge is -2.13. The third-order valence-corrected chi connectivity index (χ3v) is 3.33. The van der Waals surface area contributed by atoms with Crippen LogP contribution >= 0.6 is 0 Å². The van der Waals surface area contributed by atoms with E-state index >= 15 is 0 Å². The number of anilines is 2. The maximum Gasteiger partial charge on any atom is 0.135 e. The van der Waals surface area contributed by atoms with E-state index in [0.29, 0.717) is 11.7 Å². The Morgan fingerprint density at radius 2 is 2.06 bits per heavy atom. The van der Waals surface area contributed by atoms with Crippen LogP contribution in [0.1, 0.15) is 51.3 Å². The highest BCUT2D eigenvalue weighted by Gasteiger charge is 2.15. The molecule has 1 aliphatic carbocycles. The van der Waals surface area contributed by atoms with Gasteiger partial charge in [0.15, 0.2) is 0 Å². The van der Waals surface area contributed by atoms with Crippen molar-refractivity contribution in [2.24, 2.45) is 5.92 Å². The van der Waals surface area contributed by atoms with E-state index in [2.05, 4.69) is 29.1 Å². The summed E-state index contributed by atoms with van der Waals surface area (Å²) in [5.41, 5.74) is 5.79. The Labute approximate surface area is 103 Å². The molecule has 1 aliphatic rings. The summed E-state index contributed by atoms with van der Waals surface area (Å²) in [4.78, 5) is 8.73. The lowest BCUT2D eigenvalue weighted by molar-refractivity contribution is 0.578. The SMILES string of the molecule is CC(C)c1nc(N)cc(NCC2CCCC2)n1. The van der Waals surface area contributed by atoms with Crippen molar-refractivity contribution in [3.8, 4) is 0 Å². The zero-order valence-corrected chi connectivity index (χ0v) is 10.7. The van der Waals surface area contributed by atoms with E-state index in [0.717, 1.165) is 24.1 Å². The molecule has 0 atom stereocenters. The van der Waals surface area contributed by atoms with Crippen molar-refractivity contribution in [3.63, 3.8) is 0 Å². The quantitative estimate of drug-likeness (QED) is 0.840. The van der Waals surface area contributed by atoms with Crippen LogP contribution in [-0.4, -0.2) is 16.5 Å². The molecule has 0 aliphatic heterocycles. The van der Waals surface area contributed by atoms with Gasteiger partial charge in [0.25, 0.3) is 0 Å². The van der Waals surface area contributed by atoms with E-state index in [4.69, 9.17) is 5.73 Å². The molecule has 0 aromatic carbocycles. The molecule has 4 heteroatoms. The summed E-state index contributed by atoms with van der Waals surface area (Å²) >= 11 is 0. The highest BCUT2D eigenvalue weighted by atomic mass is 15.1. The van der Waals surface area contributed by atoms with Crippen LogP contribution in [0.5, 0.6) is 0 Å². The van der Waals surface area contributed by atoms with E-state index in [9.17, 15) is 0 Å². The van der Waals surface area contributed by atoms with E-state index < -0.39 is 0 Å². The summed E-state index contributed by atoms with van der Waals surface area (Å²) in [6, 6.07) is 1.82. The van der Waals surface area contributed by atoms with Gasteiger partial charge in [0.1, 0.15) is 17.5 Å². The fourth-order valence-corrected chi connectivity index (χ4v) is 2.30. The standard InChI is InChI=1S/C13H22N4/c1-9(2)13-16-11(14)7-12(17-13)15-8-10-5-3-4-6-10/h7,9-10H,3-6,8H2,1-2H3,(H3,14,15,16,17). The van der Waals surface area contributed by atoms with Gasteiger partial charge in [-0.1, -0.05) is 26.7 Å². The molecule has 0 bridgehead atoms. The highest BCUT2D eigenvalue weighted by Crippen LogP contribution is 2.25. The van der Waals surface area contributed by atoms with Crippen LogP contribution in [0.25, 0.3) is 0 Å². The molecule has 94 valence electrons. The third-order valence-electron chi connectivity index (χ3n) is 3.33. The normalized spacial score (nSPS) is 16.6. The smallest absolute Gasteiger partial charge is 0.135 e. The van der Waals surface area contributed by atoms with Gasteiger partial charge in [-0.05, 0) is 18.8 Å². The molecule has 1 aromatic rings. The number of nitrogen functional groups attached to an aromatic ring is 1. The highest BCUT2D eigenvalue weighted by molar-refractivity contribution is 5.44. The van der Waals surface area contributed by atoms with Crippen molar-refractivity contribution in [3.05, 3.63) is 11.9 Å². The minimum absolute atomic E-state index is 0.311. The molecule has 0 saturated heterocycles. The fraction of sp³-hybridized carbons (Fsp3) is 0.692. The molecule has 2 rings (SSSR count). The third kappa shape index (κ3) is 3.32. The van der Waals surface area contributed by atoms with Crippen molar-refractivity contribution in [2.75, 3.05) is 17.6 Å². The maximum atomic E-state index is 5.79. The second-order valence-electron chi connectivity index (χ2n) is 5.22. The second kappa shape index (κ2) is 5.34. The van der Waals surface area contributed by atoms with Gasteiger partial charge in [0.2, 0.25) is 0 Å². The first-order valence-electron chi connectivity index (χ1n) is 6.53. The Hall–Kier alpha value is -1.32. The number of nitrogens with two attached hydrogens (primary N) is 1. The predicted molar refractivity (Wildman–Crippen MR) is 71.0 cm³/mol. The van der Waals surface area contributed by atoms with Crippen LogP contribution in [-0.2, 0) is 0 Å². The molecular weight excluding hydrogens is 212 g/mol. The van der Waals surface area contributed by atoms with E-state index in [-0.39, 0.29) is 0 Å². The lowest BCUT2D eigenvalue weighted by Crippen LogP contribution is -2.13. The summed E-state index contributed by atoms with van der Waals surface area (Å²) in [6.07, 6.45) is 5.42. The number of nitrogens with one attached hydrogen (secondary N) is 1. The molecular formula is C13H22N4. The summed E-state index contributed by atoms with van der Waals surface area (Å²) < 4.78 is 0. The number of rotatable bonds is 4. The fourth-order valence-electron chi connectivity index (χ4n) is 2.30. The molecule has 1 saturated carbocycles. The van der Waals surface area contributed by atoms with Gasteiger partial charge >= 0.3 is 0 Å². The van der Waals surface area contributed by atoms with Crippen LogP contribution in [0.4, 0.5) is 11.6 Å². The van der Waals surface area contributed by atoms with E-state index in [1.807, 2.05) is 6.07 Å². The first kappa shape index (κ1) is 12.1. The van der Waals surface area contributed by atoms with Crippen molar-refractivity contribution in [2.45, 2.75) is 45.4 Å². The lowest BCUT2D eigenvalue weighted by atomic mass is 10.1. The summed E-state index contributed by atoms with van der Waals surface area (Å²) in [7, 11) is 0. The molecule has 0 spiro atoms. The average Bonchev–Trinajstić information content (AvgIpc) is 2.78. The first-order chi connectivity index (χ1) is 8.15. The minimum atomic E-state index is 0.311. The molecule has 1 aromatic heterocycles. The van der Waals surface area contributed by atoms with Gasteiger partial charge in [-0.25, -0.2) is 9.97 Å². The number of hydrogen-bond donors (Lipinski definition) is 2. The van der Waals surface area contributed by atoms with E-state index in [1.165, 1.54) is 25.7 Å². The van der Waals surface area contributed by atoms with Gasteiger partial charge in [-0.3, -0.25) is 0 Å². The monoisotopic (exact) mass is 234 g/mol. The van der Waals surface area contributed by atoms with Crippen molar-refractivity contribution >= 4 is 11.6 Å². The van der Waals surface area contributed by atoms with Gasteiger partial charge in [-0.2, -0.15) is 0 Å². The van der Waals surface area contributed by atoms with E-state index in [1.54, 1.807) is 0 Å². The van der Waals surface area contributed by atoms with Gasteiger partial charge < -0.3 is 11.1 Å². The van der Waals surface area contributed by atoms with Crippen LogP contribution in [0.15, 0.2) is 6.07 Å². The first-order valence-corrected chi connectivity index (χ1v) is 6.53. The summed E-state index contributed by atoms with van der Waals surface area (Å²) in [5, 5.41) is 3.39. The molecule has 1 fully saturated rings. The molecule has 17 heavy (non-hydrogen) atoms. The van der Waals surface area contributed by atoms with Crippen LogP contribution in [0.3, 0.4) is 0 Å². The van der Waals surface area contributed by atoms with Crippen LogP contribution in [0, 0.1) is 5.92 Å². The molecule has 0 unspecified atom stereocenters. The molecule has 0 amide bonds. The summed E-state index contributed by atoms with van der Waals surface area (Å²) in [6.45, 7) is 5.17. The summed E-state index contributed by atoms with van der Waals surface area (Å²) in [5.74, 6) is 3.35. The predicted octanol–water partition coefficient (Wildman–Crippen LogP) is 2.78. The Morgan fingerprint density at radius 1 is 1.35 bits per heavy atom. The Kier molecular flexibility index (Phi) is 3.82. The van der Waals surface area contributed by atoms with Crippen molar-refractivity contribution in [1.82, 2.24) is 9.97 Å². The maximum absolute atomic E-state index is 5.79. The zero-order valence-electron chi connectivity index (χ0n) is 10.7. The van der Waals surface area contributed by atoms with Crippen LogP contribution < -0.4 is 11.1 Å². The molecule has 3 N–H and O–H groups in total. The Bertz CT molecular complexity index is 370. The number of hydrogen-bond acceptors (Lipinski definition) is 4. The van der Waals surface area contributed by atoms with Gasteiger partial charge in [0, 0.05) is 18.5 Å². The van der Waals surface area contributed by atoms with Crippen molar-refractivity contribution in [1.29, 1.82) is 0 Å². The Morgan fingerprint density at radius 3 is 2.71 bits per heavy atom. The topological polar surface area (TPSA) is 63.8 Å². The second-order valence-corrected chi connectivity index (χ2v) is 5.22. The average molecular weight is 234 g/mol. The molecule has 0 radical (unpaired) electrons. The molecule has 1 heterocycles. The zero-order chi connectivity index (χ0) is 12.3. The minimum Gasteiger partial charge on any atom is -0.384 e. The number of nitrogens with zero attached hydrogens (tertiary/aromatic N) is 2. The van der Waals surface area contributed by atoms with Crippen LogP contribution in [0.2, 0.25) is 0 Å². The number of aromatic nitrogens is 2. The van der Waals surface area contributed by atoms with Crippen molar-refractivity contribution < 1.29 is 0 Å². The van der Waals surface area contributed by atoms with Gasteiger partial charge in [-0.15, -0.1) is 0 Å². The molecule has 4 nitrogen and oxygen atoms in total.